The van der Waals surface area contributed by atoms with Crippen LogP contribution in [0.5, 0.6) is 0 Å². The Bertz CT molecular complexity index is 2540. The molecule has 0 fully saturated rings. The van der Waals surface area contributed by atoms with Crippen LogP contribution in [0.15, 0.2) is 141 Å². The van der Waals surface area contributed by atoms with Gasteiger partial charge in [0.15, 0.2) is 11.2 Å². The summed E-state index contributed by atoms with van der Waals surface area (Å²) in [6.45, 7) is 0. The second-order valence-corrected chi connectivity index (χ2v) is 11.1. The zero-order valence-corrected chi connectivity index (χ0v) is 23.2. The minimum atomic E-state index is 0.591. The summed E-state index contributed by atoms with van der Waals surface area (Å²) in [6.07, 6.45) is 0. The van der Waals surface area contributed by atoms with E-state index in [1.807, 2.05) is 66.7 Å². The van der Waals surface area contributed by atoms with Crippen LogP contribution in [0.25, 0.3) is 94.5 Å². The molecule has 0 spiro atoms. The van der Waals surface area contributed by atoms with Crippen molar-refractivity contribution in [1.29, 1.82) is 0 Å². The minimum absolute atomic E-state index is 0.591. The topological polar surface area (TPSA) is 70.1 Å². The Kier molecular flexibility index (Phi) is 4.63. The van der Waals surface area contributed by atoms with Gasteiger partial charge in [0, 0.05) is 44.4 Å². The lowest BCUT2D eigenvalue weighted by Crippen LogP contribution is -1.93. The molecule has 0 aliphatic carbocycles. The highest BCUT2D eigenvalue weighted by atomic mass is 16.4. The van der Waals surface area contributed by atoms with Crippen LogP contribution in [0, 0.1) is 0 Å². The molecular weight excluding hydrogens is 546 g/mol. The van der Waals surface area contributed by atoms with E-state index in [4.69, 9.17) is 23.2 Å². The lowest BCUT2D eigenvalue weighted by atomic mass is 10.1. The Hall–Kier alpha value is -6.14. The van der Waals surface area contributed by atoms with E-state index in [0.717, 1.165) is 82.8 Å². The number of hydrogen-bond acceptors (Lipinski definition) is 5. The Labute approximate surface area is 249 Å². The molecule has 4 heterocycles. The van der Waals surface area contributed by atoms with Crippen LogP contribution < -0.4 is 0 Å². The Morgan fingerprint density at radius 3 is 1.57 bits per heavy atom. The van der Waals surface area contributed by atoms with Gasteiger partial charge in [0.25, 0.3) is 0 Å². The average molecular weight is 568 g/mol. The normalized spacial score (nSPS) is 12.1. The molecule has 6 heteroatoms. The monoisotopic (exact) mass is 567 g/mol. The SMILES string of the molecule is c1ccc2oc(-c3ccc4c(c3)c3cc(-c5nc6ccccc6o5)ccc3n4-c3ccc4c(c3)oc3ccccc34)nc2c1. The molecule has 4 aromatic heterocycles. The van der Waals surface area contributed by atoms with Crippen molar-refractivity contribution in [3.63, 3.8) is 0 Å². The summed E-state index contributed by atoms with van der Waals surface area (Å²) < 4.78 is 20.9. The molecule has 0 bridgehead atoms. The first kappa shape index (κ1) is 23.4. The van der Waals surface area contributed by atoms with Gasteiger partial charge in [0.2, 0.25) is 11.8 Å². The van der Waals surface area contributed by atoms with Crippen LogP contribution in [-0.4, -0.2) is 14.5 Å². The molecule has 0 N–H and O–H groups in total. The van der Waals surface area contributed by atoms with Crippen molar-refractivity contribution in [1.82, 2.24) is 14.5 Å². The first-order chi connectivity index (χ1) is 21.8. The third kappa shape index (κ3) is 3.36. The smallest absolute Gasteiger partial charge is 0.227 e. The van der Waals surface area contributed by atoms with Gasteiger partial charge in [-0.3, -0.25) is 0 Å². The highest BCUT2D eigenvalue weighted by Gasteiger charge is 2.19. The largest absolute Gasteiger partial charge is 0.456 e. The van der Waals surface area contributed by atoms with Crippen LogP contribution in [0.3, 0.4) is 0 Å². The van der Waals surface area contributed by atoms with E-state index < -0.39 is 0 Å². The molecule has 6 aromatic carbocycles. The molecule has 10 aromatic rings. The number of furan rings is 1. The fraction of sp³-hybridized carbons (Fsp3) is 0. The number of fused-ring (bicyclic) bond motifs is 8. The Morgan fingerprint density at radius 2 is 0.955 bits per heavy atom. The molecule has 6 nitrogen and oxygen atoms in total. The first-order valence-electron chi connectivity index (χ1n) is 14.5. The standard InChI is InChI=1S/C38H21N3O3/c1-4-10-33-25(7-1)26-16-15-24(21-36(26)42-33)41-31-17-13-22(37-39-29-8-2-5-11-34(29)43-37)19-27(31)28-20-23(14-18-32(28)41)38-40-30-9-3-6-12-35(30)44-38/h1-21H. The summed E-state index contributed by atoms with van der Waals surface area (Å²) in [5.41, 5.74) is 9.89. The number of benzene rings is 6. The molecule has 0 aliphatic heterocycles. The maximum absolute atomic E-state index is 6.27. The van der Waals surface area contributed by atoms with Crippen molar-refractivity contribution in [2.75, 3.05) is 0 Å². The van der Waals surface area contributed by atoms with Gasteiger partial charge in [0.05, 0.1) is 11.0 Å². The number of oxazole rings is 2. The number of hydrogen-bond donors (Lipinski definition) is 0. The van der Waals surface area contributed by atoms with Gasteiger partial charge in [-0.05, 0) is 78.9 Å². The lowest BCUT2D eigenvalue weighted by molar-refractivity contribution is 0.619. The van der Waals surface area contributed by atoms with Gasteiger partial charge in [0.1, 0.15) is 22.2 Å². The fourth-order valence-electron chi connectivity index (χ4n) is 6.41. The van der Waals surface area contributed by atoms with Gasteiger partial charge in [-0.15, -0.1) is 0 Å². The summed E-state index contributed by atoms with van der Waals surface area (Å²) in [7, 11) is 0. The number of nitrogens with zero attached hydrogens (tertiary/aromatic N) is 3. The molecular formula is C38H21N3O3. The summed E-state index contributed by atoms with van der Waals surface area (Å²) in [6, 6.07) is 43.0. The van der Waals surface area contributed by atoms with Gasteiger partial charge in [-0.1, -0.05) is 42.5 Å². The second kappa shape index (κ2) is 8.69. The quantitative estimate of drug-likeness (QED) is 0.212. The van der Waals surface area contributed by atoms with Crippen molar-refractivity contribution in [2.24, 2.45) is 0 Å². The highest BCUT2D eigenvalue weighted by Crippen LogP contribution is 2.39. The van der Waals surface area contributed by atoms with Crippen LogP contribution in [0.2, 0.25) is 0 Å². The predicted molar refractivity (Wildman–Crippen MR) is 174 cm³/mol. The van der Waals surface area contributed by atoms with Crippen LogP contribution in [0.1, 0.15) is 0 Å². The zero-order chi connectivity index (χ0) is 28.8. The second-order valence-electron chi connectivity index (χ2n) is 11.1. The van der Waals surface area contributed by atoms with Crippen molar-refractivity contribution in [2.45, 2.75) is 0 Å². The summed E-state index contributed by atoms with van der Waals surface area (Å²) >= 11 is 0. The van der Waals surface area contributed by atoms with E-state index in [2.05, 4.69) is 65.2 Å². The van der Waals surface area contributed by atoms with Crippen LogP contribution >= 0.6 is 0 Å². The van der Waals surface area contributed by atoms with E-state index in [1.54, 1.807) is 0 Å². The van der Waals surface area contributed by atoms with Gasteiger partial charge < -0.3 is 17.8 Å². The molecule has 206 valence electrons. The molecule has 0 saturated heterocycles. The molecule has 0 amide bonds. The van der Waals surface area contributed by atoms with Crippen molar-refractivity contribution < 1.29 is 13.3 Å². The fourth-order valence-corrected chi connectivity index (χ4v) is 6.41. The van der Waals surface area contributed by atoms with E-state index in [0.29, 0.717) is 11.8 Å². The third-order valence-electron chi connectivity index (χ3n) is 8.47. The van der Waals surface area contributed by atoms with Crippen LogP contribution in [-0.2, 0) is 0 Å². The number of para-hydroxylation sites is 5. The lowest BCUT2D eigenvalue weighted by Gasteiger charge is -2.08. The molecule has 0 atom stereocenters. The zero-order valence-electron chi connectivity index (χ0n) is 23.2. The molecule has 0 radical (unpaired) electrons. The van der Waals surface area contributed by atoms with E-state index in [9.17, 15) is 0 Å². The molecule has 0 aliphatic rings. The van der Waals surface area contributed by atoms with Gasteiger partial charge in [-0.25, -0.2) is 9.97 Å². The van der Waals surface area contributed by atoms with Crippen molar-refractivity contribution >= 4 is 65.9 Å². The number of rotatable bonds is 3. The molecule has 0 unspecified atom stereocenters. The van der Waals surface area contributed by atoms with Crippen molar-refractivity contribution in [3.8, 4) is 28.6 Å². The van der Waals surface area contributed by atoms with E-state index in [-0.39, 0.29) is 0 Å². The minimum Gasteiger partial charge on any atom is -0.456 e. The Morgan fingerprint density at radius 1 is 0.409 bits per heavy atom. The molecule has 44 heavy (non-hydrogen) atoms. The number of aromatic nitrogens is 3. The molecule has 0 saturated carbocycles. The highest BCUT2D eigenvalue weighted by molar-refractivity contribution is 6.12. The third-order valence-corrected chi connectivity index (χ3v) is 8.47. The first-order valence-corrected chi connectivity index (χ1v) is 14.5. The summed E-state index contributed by atoms with van der Waals surface area (Å²) in [5.74, 6) is 1.18. The van der Waals surface area contributed by atoms with Gasteiger partial charge >= 0.3 is 0 Å². The van der Waals surface area contributed by atoms with Crippen molar-refractivity contribution in [3.05, 3.63) is 127 Å². The summed E-state index contributed by atoms with van der Waals surface area (Å²) in [5, 5.41) is 4.36. The Balaban J connectivity index is 1.23. The van der Waals surface area contributed by atoms with E-state index >= 15 is 0 Å². The summed E-state index contributed by atoms with van der Waals surface area (Å²) in [4.78, 5) is 9.54. The molecule has 10 rings (SSSR count). The van der Waals surface area contributed by atoms with Gasteiger partial charge in [-0.2, -0.15) is 0 Å². The maximum atomic E-state index is 6.27. The maximum Gasteiger partial charge on any atom is 0.227 e. The average Bonchev–Trinajstić information content (AvgIpc) is 3.85. The van der Waals surface area contributed by atoms with Crippen LogP contribution in [0.4, 0.5) is 0 Å². The predicted octanol–water partition coefficient (Wildman–Crippen LogP) is 10.3. The van der Waals surface area contributed by atoms with E-state index in [1.165, 1.54) is 0 Å².